The maximum Gasteiger partial charge on any atom is 0.251 e. The predicted octanol–water partition coefficient (Wildman–Crippen LogP) is 2.48. The van der Waals surface area contributed by atoms with Gasteiger partial charge in [0.25, 0.3) is 5.91 Å². The number of carbonyl (C=O) groups is 2. The van der Waals surface area contributed by atoms with E-state index in [1.807, 2.05) is 24.3 Å². The van der Waals surface area contributed by atoms with Crippen molar-refractivity contribution in [2.24, 2.45) is 0 Å². The summed E-state index contributed by atoms with van der Waals surface area (Å²) in [5.74, 6) is 0.107. The monoisotopic (exact) mass is 323 g/mol. The fourth-order valence-corrected chi connectivity index (χ4v) is 2.11. The first-order valence-corrected chi connectivity index (χ1v) is 7.31. The van der Waals surface area contributed by atoms with Gasteiger partial charge in [0, 0.05) is 23.4 Å². The minimum absolute atomic E-state index is 0.207. The summed E-state index contributed by atoms with van der Waals surface area (Å²) in [6.07, 6.45) is -0.207. The molecule has 0 aliphatic heterocycles. The highest BCUT2D eigenvalue weighted by molar-refractivity contribution is 5.96. The fourth-order valence-electron chi connectivity index (χ4n) is 2.11. The number of rotatable bonds is 6. The van der Waals surface area contributed by atoms with Crippen LogP contribution in [0, 0.1) is 11.3 Å². The van der Waals surface area contributed by atoms with E-state index in [2.05, 4.69) is 10.6 Å². The third-order valence-electron chi connectivity index (χ3n) is 3.30. The lowest BCUT2D eigenvalue weighted by atomic mass is 10.1. The highest BCUT2D eigenvalue weighted by Gasteiger charge is 2.08. The third kappa shape index (κ3) is 4.58. The number of amides is 2. The van der Waals surface area contributed by atoms with Crippen LogP contribution in [0.25, 0.3) is 0 Å². The highest BCUT2D eigenvalue weighted by atomic mass is 16.5. The molecule has 0 heterocycles. The third-order valence-corrected chi connectivity index (χ3v) is 3.30. The average Bonchev–Trinajstić information content (AvgIpc) is 2.60. The van der Waals surface area contributed by atoms with E-state index in [0.29, 0.717) is 23.5 Å². The first-order valence-electron chi connectivity index (χ1n) is 7.31. The largest absolute Gasteiger partial charge is 0.496 e. The summed E-state index contributed by atoms with van der Waals surface area (Å²) in [6.45, 7) is 0.351. The van der Waals surface area contributed by atoms with Gasteiger partial charge >= 0.3 is 0 Å². The van der Waals surface area contributed by atoms with Gasteiger partial charge in [0.2, 0.25) is 5.91 Å². The Balaban J connectivity index is 1.95. The van der Waals surface area contributed by atoms with Gasteiger partial charge in [-0.1, -0.05) is 18.2 Å². The van der Waals surface area contributed by atoms with Crippen molar-refractivity contribution in [3.63, 3.8) is 0 Å². The summed E-state index contributed by atoms with van der Waals surface area (Å²) in [4.78, 5) is 23.5. The Morgan fingerprint density at radius 3 is 2.50 bits per heavy atom. The van der Waals surface area contributed by atoms with Crippen molar-refractivity contribution in [3.8, 4) is 11.8 Å². The van der Waals surface area contributed by atoms with E-state index in [-0.39, 0.29) is 18.2 Å². The van der Waals surface area contributed by atoms with Crippen LogP contribution in [0.1, 0.15) is 22.3 Å². The van der Waals surface area contributed by atoms with E-state index in [9.17, 15) is 9.59 Å². The lowest BCUT2D eigenvalue weighted by Crippen LogP contribution is -2.23. The topological polar surface area (TPSA) is 91.2 Å². The van der Waals surface area contributed by atoms with Crippen LogP contribution in [0.5, 0.6) is 5.75 Å². The second kappa shape index (κ2) is 8.34. The molecule has 0 bridgehead atoms. The number of para-hydroxylation sites is 1. The highest BCUT2D eigenvalue weighted by Crippen LogP contribution is 2.17. The molecule has 0 spiro atoms. The first kappa shape index (κ1) is 17.0. The fraction of sp³-hybridized carbons (Fsp3) is 0.167. The number of nitrogens with zero attached hydrogens (tertiary/aromatic N) is 1. The normalized spacial score (nSPS) is 9.67. The Bertz CT molecular complexity index is 764. The van der Waals surface area contributed by atoms with Gasteiger partial charge in [-0.15, -0.1) is 0 Å². The van der Waals surface area contributed by atoms with E-state index in [1.165, 1.54) is 0 Å². The van der Waals surface area contributed by atoms with E-state index in [4.69, 9.17) is 10.00 Å². The Morgan fingerprint density at radius 1 is 1.12 bits per heavy atom. The van der Waals surface area contributed by atoms with Crippen molar-refractivity contribution >= 4 is 17.5 Å². The van der Waals surface area contributed by atoms with Crippen molar-refractivity contribution in [1.82, 2.24) is 5.32 Å². The Labute approximate surface area is 140 Å². The molecule has 0 aliphatic rings. The number of nitriles is 1. The van der Waals surface area contributed by atoms with E-state index in [0.717, 1.165) is 5.56 Å². The van der Waals surface area contributed by atoms with Gasteiger partial charge in [-0.3, -0.25) is 9.59 Å². The van der Waals surface area contributed by atoms with Crippen molar-refractivity contribution in [3.05, 3.63) is 59.7 Å². The van der Waals surface area contributed by atoms with Gasteiger partial charge < -0.3 is 15.4 Å². The number of hydrogen-bond acceptors (Lipinski definition) is 4. The molecule has 0 aliphatic carbocycles. The molecule has 0 aromatic heterocycles. The van der Waals surface area contributed by atoms with Gasteiger partial charge in [-0.25, -0.2) is 0 Å². The Hall–Kier alpha value is -3.33. The lowest BCUT2D eigenvalue weighted by molar-refractivity contribution is -0.115. The van der Waals surface area contributed by atoms with Crippen molar-refractivity contribution in [1.29, 1.82) is 5.26 Å². The second-order valence-electron chi connectivity index (χ2n) is 4.95. The summed E-state index contributed by atoms with van der Waals surface area (Å²) in [5.41, 5.74) is 1.90. The zero-order valence-electron chi connectivity index (χ0n) is 13.2. The van der Waals surface area contributed by atoms with E-state index < -0.39 is 0 Å². The molecule has 0 unspecified atom stereocenters. The number of benzene rings is 2. The molecule has 2 aromatic rings. The van der Waals surface area contributed by atoms with Gasteiger partial charge in [-0.05, 0) is 30.3 Å². The quantitative estimate of drug-likeness (QED) is 0.854. The molecular weight excluding hydrogens is 306 g/mol. The molecule has 24 heavy (non-hydrogen) atoms. The Kier molecular flexibility index (Phi) is 5.92. The molecule has 122 valence electrons. The number of methoxy groups -OCH3 is 1. The van der Waals surface area contributed by atoms with Crippen LogP contribution in [-0.4, -0.2) is 18.9 Å². The number of anilines is 1. The van der Waals surface area contributed by atoms with Crippen LogP contribution < -0.4 is 15.4 Å². The van der Waals surface area contributed by atoms with Crippen molar-refractivity contribution in [2.75, 3.05) is 12.4 Å². The van der Waals surface area contributed by atoms with Gasteiger partial charge in [-0.2, -0.15) is 5.26 Å². The summed E-state index contributed by atoms with van der Waals surface area (Å²) >= 11 is 0. The Morgan fingerprint density at radius 2 is 1.83 bits per heavy atom. The molecule has 0 radical (unpaired) electrons. The van der Waals surface area contributed by atoms with Gasteiger partial charge in [0.05, 0.1) is 13.2 Å². The van der Waals surface area contributed by atoms with Crippen LogP contribution >= 0.6 is 0 Å². The minimum atomic E-state index is -0.383. The molecule has 2 N–H and O–H groups in total. The molecule has 0 atom stereocenters. The summed E-state index contributed by atoms with van der Waals surface area (Å²) < 4.78 is 5.24. The predicted molar refractivity (Wildman–Crippen MR) is 89.5 cm³/mol. The maximum atomic E-state index is 12.2. The molecule has 0 fully saturated rings. The SMILES string of the molecule is COc1ccccc1CNC(=O)c1ccc(NC(=O)CC#N)cc1. The molecule has 6 heteroatoms. The van der Waals surface area contributed by atoms with Crippen LogP contribution in [-0.2, 0) is 11.3 Å². The second-order valence-corrected chi connectivity index (χ2v) is 4.95. The number of hydrogen-bond donors (Lipinski definition) is 2. The van der Waals surface area contributed by atoms with Crippen LogP contribution in [0.3, 0.4) is 0 Å². The standard InChI is InChI=1S/C18H17N3O3/c1-24-16-5-3-2-4-14(16)12-20-18(23)13-6-8-15(9-7-13)21-17(22)10-11-19/h2-9H,10,12H2,1H3,(H,20,23)(H,21,22). The van der Waals surface area contributed by atoms with Crippen LogP contribution in [0.4, 0.5) is 5.69 Å². The summed E-state index contributed by atoms with van der Waals surface area (Å²) in [5, 5.41) is 13.8. The molecule has 2 aromatic carbocycles. The minimum Gasteiger partial charge on any atom is -0.496 e. The van der Waals surface area contributed by atoms with Crippen molar-refractivity contribution in [2.45, 2.75) is 13.0 Å². The molecular formula is C18H17N3O3. The zero-order valence-corrected chi connectivity index (χ0v) is 13.2. The summed E-state index contributed by atoms with van der Waals surface area (Å²) in [6, 6.07) is 15.7. The first-order chi connectivity index (χ1) is 11.6. The van der Waals surface area contributed by atoms with Gasteiger partial charge in [0.1, 0.15) is 12.2 Å². The number of ether oxygens (including phenoxy) is 1. The molecule has 2 amide bonds. The number of carbonyl (C=O) groups excluding carboxylic acids is 2. The lowest BCUT2D eigenvalue weighted by Gasteiger charge is -2.10. The van der Waals surface area contributed by atoms with E-state index >= 15 is 0 Å². The van der Waals surface area contributed by atoms with Crippen molar-refractivity contribution < 1.29 is 14.3 Å². The zero-order chi connectivity index (χ0) is 17.4. The number of nitrogens with one attached hydrogen (secondary N) is 2. The molecule has 2 rings (SSSR count). The summed E-state index contributed by atoms with van der Waals surface area (Å²) in [7, 11) is 1.58. The average molecular weight is 323 g/mol. The van der Waals surface area contributed by atoms with Crippen LogP contribution in [0.15, 0.2) is 48.5 Å². The molecule has 6 nitrogen and oxygen atoms in total. The van der Waals surface area contributed by atoms with E-state index in [1.54, 1.807) is 37.4 Å². The maximum absolute atomic E-state index is 12.2. The smallest absolute Gasteiger partial charge is 0.251 e. The molecule has 0 saturated carbocycles. The molecule has 0 saturated heterocycles. The van der Waals surface area contributed by atoms with Gasteiger partial charge in [0.15, 0.2) is 0 Å². The van der Waals surface area contributed by atoms with Crippen LogP contribution in [0.2, 0.25) is 0 Å².